The van der Waals surface area contributed by atoms with Gasteiger partial charge in [-0.15, -0.1) is 6.58 Å². The Kier molecular flexibility index (Phi) is 8.42. The van der Waals surface area contributed by atoms with Crippen molar-refractivity contribution < 1.29 is 14.7 Å². The van der Waals surface area contributed by atoms with Crippen LogP contribution in [-0.4, -0.2) is 41.7 Å². The number of amides is 2. The molecule has 0 aliphatic heterocycles. The summed E-state index contributed by atoms with van der Waals surface area (Å²) < 4.78 is 0. The second-order valence-corrected chi connectivity index (χ2v) is 4.14. The molecule has 0 heterocycles. The Bertz CT molecular complexity index is 246. The highest BCUT2D eigenvalue weighted by Crippen LogP contribution is 2.01. The highest BCUT2D eigenvalue weighted by Gasteiger charge is 2.19. The first kappa shape index (κ1) is 14.8. The molecule has 0 radical (unpaired) electrons. The van der Waals surface area contributed by atoms with Crippen molar-refractivity contribution in [2.45, 2.75) is 18.9 Å². The van der Waals surface area contributed by atoms with Crippen LogP contribution in [0.3, 0.4) is 0 Å². The van der Waals surface area contributed by atoms with E-state index in [2.05, 4.69) is 17.2 Å². The maximum absolute atomic E-state index is 11.6. The molecule has 0 rings (SSSR count). The average Bonchev–Trinajstić information content (AvgIpc) is 2.23. The van der Waals surface area contributed by atoms with Gasteiger partial charge in [0.1, 0.15) is 6.04 Å². The van der Waals surface area contributed by atoms with Crippen LogP contribution in [0.25, 0.3) is 0 Å². The van der Waals surface area contributed by atoms with Crippen LogP contribution in [0.5, 0.6) is 0 Å². The lowest BCUT2D eigenvalue weighted by Gasteiger charge is -2.15. The van der Waals surface area contributed by atoms with Crippen LogP contribution in [0.2, 0.25) is 0 Å². The smallest absolute Gasteiger partial charge is 0.405 e. The molecule has 6 heteroatoms. The first-order chi connectivity index (χ1) is 7.61. The predicted octanol–water partition coefficient (Wildman–Crippen LogP) is 1.07. The van der Waals surface area contributed by atoms with Crippen molar-refractivity contribution in [2.24, 2.45) is 0 Å². The van der Waals surface area contributed by atoms with Gasteiger partial charge in [0, 0.05) is 6.54 Å². The fourth-order valence-corrected chi connectivity index (χ4v) is 1.55. The zero-order valence-corrected chi connectivity index (χ0v) is 10.2. The van der Waals surface area contributed by atoms with Crippen LogP contribution in [0.1, 0.15) is 12.8 Å². The van der Waals surface area contributed by atoms with Crippen LogP contribution in [-0.2, 0) is 4.79 Å². The van der Waals surface area contributed by atoms with E-state index in [1.807, 2.05) is 6.26 Å². The third-order valence-electron chi connectivity index (χ3n) is 1.87. The summed E-state index contributed by atoms with van der Waals surface area (Å²) in [4.78, 5) is 22.1. The molecular weight excluding hydrogens is 228 g/mol. The summed E-state index contributed by atoms with van der Waals surface area (Å²) in [5.74, 6) is 0.457. The van der Waals surface area contributed by atoms with Crippen LogP contribution in [0, 0.1) is 0 Å². The molecule has 0 saturated heterocycles. The number of carbonyl (C=O) groups excluding carboxylic acids is 1. The maximum atomic E-state index is 11.6. The van der Waals surface area contributed by atoms with Gasteiger partial charge in [-0.2, -0.15) is 11.8 Å². The minimum absolute atomic E-state index is 0.279. The van der Waals surface area contributed by atoms with Crippen molar-refractivity contribution in [1.82, 2.24) is 10.6 Å². The van der Waals surface area contributed by atoms with Crippen LogP contribution >= 0.6 is 11.8 Å². The normalized spacial score (nSPS) is 11.6. The summed E-state index contributed by atoms with van der Waals surface area (Å²) in [6.45, 7) is 4.02. The van der Waals surface area contributed by atoms with E-state index in [1.54, 1.807) is 17.8 Å². The molecule has 0 spiro atoms. The van der Waals surface area contributed by atoms with Crippen LogP contribution in [0.15, 0.2) is 12.7 Å². The quantitative estimate of drug-likeness (QED) is 0.442. The highest BCUT2D eigenvalue weighted by atomic mass is 32.2. The molecule has 0 aromatic carbocycles. The molecule has 1 unspecified atom stereocenters. The zero-order valence-electron chi connectivity index (χ0n) is 9.36. The van der Waals surface area contributed by atoms with Crippen molar-refractivity contribution in [1.29, 1.82) is 0 Å². The molecule has 3 N–H and O–H groups in total. The van der Waals surface area contributed by atoms with E-state index in [-0.39, 0.29) is 5.91 Å². The first-order valence-electron chi connectivity index (χ1n) is 4.98. The first-order valence-corrected chi connectivity index (χ1v) is 6.38. The van der Waals surface area contributed by atoms with Crippen molar-refractivity contribution in [2.75, 3.05) is 18.6 Å². The van der Waals surface area contributed by atoms with Crippen molar-refractivity contribution in [3.8, 4) is 0 Å². The lowest BCUT2D eigenvalue weighted by atomic mass is 10.2. The molecule has 2 amide bonds. The van der Waals surface area contributed by atoms with Crippen LogP contribution in [0.4, 0.5) is 4.79 Å². The number of carbonyl (C=O) groups is 2. The predicted molar refractivity (Wildman–Crippen MR) is 65.8 cm³/mol. The SMILES string of the molecule is C=CCCNC(=O)C(CCSC)NC(=O)O. The molecule has 0 aliphatic rings. The molecule has 16 heavy (non-hydrogen) atoms. The van der Waals surface area contributed by atoms with Gasteiger partial charge >= 0.3 is 6.09 Å². The van der Waals surface area contributed by atoms with Gasteiger partial charge < -0.3 is 15.7 Å². The maximum Gasteiger partial charge on any atom is 0.405 e. The van der Waals surface area contributed by atoms with E-state index < -0.39 is 12.1 Å². The topological polar surface area (TPSA) is 78.4 Å². The Labute approximate surface area is 99.7 Å². The monoisotopic (exact) mass is 246 g/mol. The molecule has 0 saturated carbocycles. The fourth-order valence-electron chi connectivity index (χ4n) is 1.07. The van der Waals surface area contributed by atoms with Gasteiger partial charge in [-0.25, -0.2) is 4.79 Å². The van der Waals surface area contributed by atoms with Gasteiger partial charge in [0.15, 0.2) is 0 Å². The Balaban J connectivity index is 4.08. The zero-order chi connectivity index (χ0) is 12.4. The van der Waals surface area contributed by atoms with E-state index in [9.17, 15) is 9.59 Å². The number of nitrogens with one attached hydrogen (secondary N) is 2. The third-order valence-corrected chi connectivity index (χ3v) is 2.52. The molecule has 5 nitrogen and oxygen atoms in total. The van der Waals surface area contributed by atoms with E-state index in [1.165, 1.54) is 0 Å². The molecule has 0 aromatic rings. The molecule has 0 aromatic heterocycles. The largest absolute Gasteiger partial charge is 0.465 e. The molecular formula is C10H18N2O3S. The second kappa shape index (κ2) is 9.08. The van der Waals surface area contributed by atoms with Gasteiger partial charge in [0.05, 0.1) is 0 Å². The van der Waals surface area contributed by atoms with Crippen molar-refractivity contribution in [3.63, 3.8) is 0 Å². The van der Waals surface area contributed by atoms with Gasteiger partial charge in [0.2, 0.25) is 5.91 Å². The lowest BCUT2D eigenvalue weighted by molar-refractivity contribution is -0.123. The minimum atomic E-state index is -1.18. The van der Waals surface area contributed by atoms with Crippen LogP contribution < -0.4 is 10.6 Å². The van der Waals surface area contributed by atoms with E-state index in [4.69, 9.17) is 5.11 Å². The van der Waals surface area contributed by atoms with Gasteiger partial charge in [-0.1, -0.05) is 6.08 Å². The number of thioether (sulfide) groups is 1. The molecule has 0 aliphatic carbocycles. The lowest BCUT2D eigenvalue weighted by Crippen LogP contribution is -2.46. The summed E-state index contributed by atoms with van der Waals surface area (Å²) in [6, 6.07) is -0.672. The Morgan fingerprint density at radius 3 is 2.75 bits per heavy atom. The van der Waals surface area contributed by atoms with Gasteiger partial charge in [-0.05, 0) is 24.9 Å². The third kappa shape index (κ3) is 7.17. The average molecular weight is 246 g/mol. The second-order valence-electron chi connectivity index (χ2n) is 3.15. The summed E-state index contributed by atoms with van der Waals surface area (Å²) in [7, 11) is 0. The molecule has 0 fully saturated rings. The Hall–Kier alpha value is -1.17. The van der Waals surface area contributed by atoms with Gasteiger partial charge in [-0.3, -0.25) is 4.79 Å². The summed E-state index contributed by atoms with van der Waals surface area (Å²) in [6.07, 6.45) is 3.60. The van der Waals surface area contributed by atoms with Crippen molar-refractivity contribution in [3.05, 3.63) is 12.7 Å². The van der Waals surface area contributed by atoms with Crippen molar-refractivity contribution >= 4 is 23.8 Å². The molecule has 92 valence electrons. The molecule has 0 bridgehead atoms. The highest BCUT2D eigenvalue weighted by molar-refractivity contribution is 7.98. The van der Waals surface area contributed by atoms with Gasteiger partial charge in [0.25, 0.3) is 0 Å². The fraction of sp³-hybridized carbons (Fsp3) is 0.600. The minimum Gasteiger partial charge on any atom is -0.465 e. The van der Waals surface area contributed by atoms with E-state index in [0.717, 1.165) is 5.75 Å². The summed E-state index contributed by atoms with van der Waals surface area (Å²) in [5.41, 5.74) is 0. The molecule has 1 atom stereocenters. The van der Waals surface area contributed by atoms with E-state index in [0.29, 0.717) is 19.4 Å². The number of hydrogen-bond donors (Lipinski definition) is 3. The number of carboxylic acid groups (broad SMARTS) is 1. The summed E-state index contributed by atoms with van der Waals surface area (Å²) in [5, 5.41) is 13.4. The number of rotatable bonds is 8. The number of hydrogen-bond acceptors (Lipinski definition) is 3. The Morgan fingerprint density at radius 1 is 1.56 bits per heavy atom. The standard InChI is InChI=1S/C10H18N2O3S/c1-3-4-6-11-9(13)8(5-7-16-2)12-10(14)15/h3,8,12H,1,4-7H2,2H3,(H,11,13)(H,14,15). The Morgan fingerprint density at radius 2 is 2.25 bits per heavy atom. The summed E-state index contributed by atoms with van der Waals surface area (Å²) >= 11 is 1.57. The van der Waals surface area contributed by atoms with E-state index >= 15 is 0 Å².